The lowest BCUT2D eigenvalue weighted by Gasteiger charge is -2.55. The highest BCUT2D eigenvalue weighted by molar-refractivity contribution is 9.10. The smallest absolute Gasteiger partial charge is 0.239 e. The van der Waals surface area contributed by atoms with Gasteiger partial charge < -0.3 is 0 Å². The summed E-state index contributed by atoms with van der Waals surface area (Å²) in [6, 6.07) is 22.1. The van der Waals surface area contributed by atoms with Crippen LogP contribution in [-0.4, -0.2) is 11.8 Å². The van der Waals surface area contributed by atoms with E-state index in [0.29, 0.717) is 5.69 Å². The number of anilines is 1. The fraction of sp³-hybridized carbons (Fsp3) is 0.231. The Morgan fingerprint density at radius 1 is 0.677 bits per heavy atom. The number of imide groups is 1. The van der Waals surface area contributed by atoms with Crippen molar-refractivity contribution in [2.24, 2.45) is 11.8 Å². The van der Waals surface area contributed by atoms with Crippen LogP contribution in [-0.2, 0) is 18.2 Å². The van der Waals surface area contributed by atoms with Crippen LogP contribution in [0.15, 0.2) is 66.7 Å². The fourth-order valence-electron chi connectivity index (χ4n) is 5.79. The first-order chi connectivity index (χ1) is 14.8. The van der Waals surface area contributed by atoms with Gasteiger partial charge in [-0.1, -0.05) is 86.5 Å². The molecular formula is C26H19Br2NO2. The molecule has 0 aromatic heterocycles. The summed E-state index contributed by atoms with van der Waals surface area (Å²) in [5.74, 6) is -1.37. The molecular weight excluding hydrogens is 518 g/mol. The third kappa shape index (κ3) is 2.14. The Morgan fingerprint density at radius 2 is 1.10 bits per heavy atom. The maximum Gasteiger partial charge on any atom is 0.239 e. The van der Waals surface area contributed by atoms with E-state index in [1.165, 1.54) is 4.90 Å². The van der Waals surface area contributed by atoms with Crippen molar-refractivity contribution < 1.29 is 9.59 Å². The van der Waals surface area contributed by atoms with Gasteiger partial charge in [-0.05, 0) is 59.4 Å². The van der Waals surface area contributed by atoms with Gasteiger partial charge in [-0.2, -0.15) is 0 Å². The first-order valence-electron chi connectivity index (χ1n) is 10.3. The minimum Gasteiger partial charge on any atom is -0.274 e. The number of aryl methyl sites for hydroxylation is 2. The quantitative estimate of drug-likeness (QED) is 0.295. The van der Waals surface area contributed by atoms with Crippen molar-refractivity contribution in [2.75, 3.05) is 4.90 Å². The van der Waals surface area contributed by atoms with Crippen LogP contribution in [0.25, 0.3) is 0 Å². The molecule has 3 aromatic rings. The largest absolute Gasteiger partial charge is 0.274 e. The van der Waals surface area contributed by atoms with Crippen LogP contribution in [0.5, 0.6) is 0 Å². The van der Waals surface area contributed by atoms with E-state index in [-0.39, 0.29) is 11.8 Å². The molecule has 1 saturated heterocycles. The van der Waals surface area contributed by atoms with Crippen LogP contribution < -0.4 is 4.90 Å². The van der Waals surface area contributed by atoms with Crippen LogP contribution in [0.2, 0.25) is 0 Å². The molecule has 2 amide bonds. The third-order valence-electron chi connectivity index (χ3n) is 7.33. The normalized spacial score (nSPS) is 30.3. The van der Waals surface area contributed by atoms with E-state index in [2.05, 4.69) is 56.1 Å². The number of alkyl halides is 2. The molecule has 2 unspecified atom stereocenters. The van der Waals surface area contributed by atoms with E-state index in [1.54, 1.807) is 0 Å². The van der Waals surface area contributed by atoms with Gasteiger partial charge in [-0.3, -0.25) is 9.59 Å². The Labute approximate surface area is 197 Å². The van der Waals surface area contributed by atoms with Crippen molar-refractivity contribution in [3.63, 3.8) is 0 Å². The van der Waals surface area contributed by atoms with Crippen molar-refractivity contribution in [1.82, 2.24) is 0 Å². The molecule has 4 aliphatic rings. The second kappa shape index (κ2) is 6.17. The number of carbonyl (C=O) groups is 2. The van der Waals surface area contributed by atoms with E-state index in [0.717, 1.165) is 33.4 Å². The molecule has 0 N–H and O–H groups in total. The Balaban J connectivity index is 1.65. The zero-order valence-electron chi connectivity index (χ0n) is 17.0. The lowest BCUT2D eigenvalue weighted by molar-refractivity contribution is -0.122. The zero-order valence-corrected chi connectivity index (χ0v) is 20.2. The molecule has 7 rings (SSSR count). The average molecular weight is 537 g/mol. The summed E-state index contributed by atoms with van der Waals surface area (Å²) in [7, 11) is 0. The number of nitrogens with zero attached hydrogens (tertiary/aromatic N) is 1. The van der Waals surface area contributed by atoms with Gasteiger partial charge in [0.2, 0.25) is 11.8 Å². The minimum atomic E-state index is -0.748. The van der Waals surface area contributed by atoms with Gasteiger partial charge in [0.1, 0.15) is 0 Å². The van der Waals surface area contributed by atoms with Crippen molar-refractivity contribution in [2.45, 2.75) is 22.5 Å². The van der Waals surface area contributed by atoms with Crippen molar-refractivity contribution in [3.05, 3.63) is 100 Å². The van der Waals surface area contributed by atoms with Gasteiger partial charge in [-0.25, -0.2) is 4.90 Å². The zero-order chi connectivity index (χ0) is 21.7. The Morgan fingerprint density at radius 3 is 1.48 bits per heavy atom. The molecule has 5 heteroatoms. The van der Waals surface area contributed by atoms with Crippen LogP contribution in [0.3, 0.4) is 0 Å². The molecule has 31 heavy (non-hydrogen) atoms. The number of carbonyl (C=O) groups excluding carboxylic acids is 2. The van der Waals surface area contributed by atoms with Gasteiger partial charge in [0.15, 0.2) is 0 Å². The number of benzene rings is 3. The standard InChI is InChI=1S/C26H19Br2NO2/c1-14-11-12-16(13-15(14)2)29-23(30)21-22(24(29)31)26(28)18-8-4-3-7-17(18)25(21,27)19-9-5-6-10-20(19)26/h3-13,21-22H,1-2H3. The highest BCUT2D eigenvalue weighted by Crippen LogP contribution is 2.70. The summed E-state index contributed by atoms with van der Waals surface area (Å²) in [5.41, 5.74) is 7.04. The van der Waals surface area contributed by atoms with Gasteiger partial charge in [0.05, 0.1) is 26.2 Å². The average Bonchev–Trinajstić information content (AvgIpc) is 3.05. The number of rotatable bonds is 1. The molecule has 1 fully saturated rings. The highest BCUT2D eigenvalue weighted by atomic mass is 79.9. The van der Waals surface area contributed by atoms with Gasteiger partial charge >= 0.3 is 0 Å². The molecule has 3 aliphatic carbocycles. The van der Waals surface area contributed by atoms with Crippen molar-refractivity contribution in [1.29, 1.82) is 0 Å². The molecule has 1 heterocycles. The van der Waals surface area contributed by atoms with Crippen LogP contribution in [0.1, 0.15) is 33.4 Å². The molecule has 2 atom stereocenters. The van der Waals surface area contributed by atoms with Gasteiger partial charge in [0.25, 0.3) is 0 Å². The third-order valence-corrected chi connectivity index (χ3v) is 10.0. The molecule has 154 valence electrons. The predicted octanol–water partition coefficient (Wildman–Crippen LogP) is 5.71. The predicted molar refractivity (Wildman–Crippen MR) is 128 cm³/mol. The molecule has 1 aliphatic heterocycles. The highest BCUT2D eigenvalue weighted by Gasteiger charge is 2.72. The number of amides is 2. The van der Waals surface area contributed by atoms with Crippen molar-refractivity contribution in [3.8, 4) is 0 Å². The van der Waals surface area contributed by atoms with Crippen LogP contribution in [0, 0.1) is 25.7 Å². The maximum absolute atomic E-state index is 14.0. The SMILES string of the molecule is Cc1ccc(N2C(=O)C3C(C2=O)C2(Br)c4ccccc4C3(Br)c3ccccc32)cc1C. The van der Waals surface area contributed by atoms with E-state index < -0.39 is 20.5 Å². The molecule has 0 saturated carbocycles. The summed E-state index contributed by atoms with van der Waals surface area (Å²) < 4.78 is -1.50. The maximum atomic E-state index is 14.0. The molecule has 0 spiro atoms. The molecule has 0 radical (unpaired) electrons. The molecule has 3 aromatic carbocycles. The molecule has 2 bridgehead atoms. The Bertz CT molecular complexity index is 1190. The first kappa shape index (κ1) is 19.4. The fourth-order valence-corrected chi connectivity index (χ4v) is 8.09. The summed E-state index contributed by atoms with van der Waals surface area (Å²) >= 11 is 8.07. The second-order valence-electron chi connectivity index (χ2n) is 8.75. The van der Waals surface area contributed by atoms with Gasteiger partial charge in [0, 0.05) is 0 Å². The van der Waals surface area contributed by atoms with E-state index in [4.69, 9.17) is 0 Å². The van der Waals surface area contributed by atoms with Crippen molar-refractivity contribution >= 4 is 49.4 Å². The first-order valence-corrected chi connectivity index (χ1v) is 11.9. The number of hydrogen-bond donors (Lipinski definition) is 0. The summed E-state index contributed by atoms with van der Waals surface area (Å²) in [5, 5.41) is 0. The topological polar surface area (TPSA) is 37.4 Å². The summed E-state index contributed by atoms with van der Waals surface area (Å²) in [4.78, 5) is 29.3. The Kier molecular flexibility index (Phi) is 3.87. The lowest BCUT2D eigenvalue weighted by atomic mass is 9.54. The monoisotopic (exact) mass is 535 g/mol. The number of halogens is 2. The summed E-state index contributed by atoms with van der Waals surface area (Å²) in [6.07, 6.45) is 0. The van der Waals surface area contributed by atoms with Gasteiger partial charge in [-0.15, -0.1) is 0 Å². The molecule has 3 nitrogen and oxygen atoms in total. The summed E-state index contributed by atoms with van der Waals surface area (Å²) in [6.45, 7) is 4.03. The van der Waals surface area contributed by atoms with E-state index >= 15 is 0 Å². The second-order valence-corrected chi connectivity index (χ2v) is 11.3. The minimum absolute atomic E-state index is 0.150. The number of hydrogen-bond acceptors (Lipinski definition) is 2. The lowest BCUT2D eigenvalue weighted by Crippen LogP contribution is -2.56. The van der Waals surface area contributed by atoms with E-state index in [1.807, 2.05) is 56.3 Å². The van der Waals surface area contributed by atoms with E-state index in [9.17, 15) is 9.59 Å². The van der Waals surface area contributed by atoms with Crippen LogP contribution in [0.4, 0.5) is 5.69 Å². The Hall–Kier alpha value is -2.24. The van der Waals surface area contributed by atoms with Crippen LogP contribution >= 0.6 is 31.9 Å².